The first-order chi connectivity index (χ1) is 8.58. The van der Waals surface area contributed by atoms with Crippen molar-refractivity contribution in [3.63, 3.8) is 0 Å². The molecule has 1 aromatic carbocycles. The van der Waals surface area contributed by atoms with Crippen molar-refractivity contribution in [2.45, 2.75) is 0 Å². The molecule has 2 aromatic rings. The van der Waals surface area contributed by atoms with Crippen LogP contribution in [0.3, 0.4) is 0 Å². The monoisotopic (exact) mass is 245 g/mol. The van der Waals surface area contributed by atoms with Crippen LogP contribution in [-0.4, -0.2) is 38.2 Å². The zero-order valence-corrected chi connectivity index (χ0v) is 11.1. The third-order valence-corrected chi connectivity index (χ3v) is 2.39. The van der Waals surface area contributed by atoms with Gasteiger partial charge in [0.1, 0.15) is 0 Å². The van der Waals surface area contributed by atoms with Gasteiger partial charge >= 0.3 is 11.6 Å². The summed E-state index contributed by atoms with van der Waals surface area (Å²) in [4.78, 5) is 10.6. The molecule has 0 fully saturated rings. The summed E-state index contributed by atoms with van der Waals surface area (Å²) in [5.74, 6) is 1.20. The zero-order valence-electron chi connectivity index (χ0n) is 11.1. The molecule has 0 atom stereocenters. The average Bonchev–Trinajstić information content (AvgIpc) is 2.39. The fourth-order valence-corrected chi connectivity index (χ4v) is 1.43. The van der Waals surface area contributed by atoms with E-state index in [2.05, 4.69) is 9.97 Å². The minimum Gasteiger partial charge on any atom is -0.369 e. The first-order valence-electron chi connectivity index (χ1n) is 5.70. The lowest BCUT2D eigenvalue weighted by Crippen LogP contribution is -2.28. The normalized spacial score (nSPS) is 10.2. The third kappa shape index (κ3) is 2.56. The second kappa shape index (κ2) is 5.00. The first-order valence-corrected chi connectivity index (χ1v) is 5.70. The van der Waals surface area contributed by atoms with Crippen LogP contribution in [0, 0.1) is 0 Å². The maximum absolute atomic E-state index is 5.69. The second-order valence-electron chi connectivity index (χ2n) is 4.37. The van der Waals surface area contributed by atoms with Crippen molar-refractivity contribution in [2.24, 2.45) is 0 Å². The Morgan fingerprint density at radius 3 is 2.28 bits per heavy atom. The third-order valence-electron chi connectivity index (χ3n) is 2.39. The summed E-state index contributed by atoms with van der Waals surface area (Å²) in [6.45, 7) is 0. The maximum atomic E-state index is 5.69. The van der Waals surface area contributed by atoms with Crippen LogP contribution in [0.5, 0.6) is 0 Å². The Labute approximate surface area is 106 Å². The van der Waals surface area contributed by atoms with Crippen LogP contribution in [0.4, 0.5) is 5.95 Å². The smallest absolute Gasteiger partial charge is 0.369 e. The van der Waals surface area contributed by atoms with Crippen molar-refractivity contribution < 1.29 is 4.42 Å². The number of nitrogens with zero attached hydrogens (tertiary/aromatic N) is 4. The van der Waals surface area contributed by atoms with Crippen LogP contribution >= 0.6 is 0 Å². The highest BCUT2D eigenvalue weighted by atomic mass is 16.4. The Hall–Kier alpha value is -2.17. The summed E-state index contributed by atoms with van der Waals surface area (Å²) < 4.78 is 7.51. The molecule has 94 valence electrons. The molecule has 2 rings (SSSR count). The summed E-state index contributed by atoms with van der Waals surface area (Å²) in [6, 6.07) is 9.80. The van der Waals surface area contributed by atoms with E-state index in [9.17, 15) is 0 Å². The van der Waals surface area contributed by atoms with E-state index in [-0.39, 0.29) is 0 Å². The number of anilines is 1. The van der Waals surface area contributed by atoms with Gasteiger partial charge in [0.15, 0.2) is 0 Å². The lowest BCUT2D eigenvalue weighted by atomic mass is 10.2. The molecule has 0 amide bonds. The van der Waals surface area contributed by atoms with Gasteiger partial charge in [-0.15, -0.1) is 0 Å². The number of hydrogen-bond donors (Lipinski definition) is 0. The lowest BCUT2D eigenvalue weighted by molar-refractivity contribution is 0.422. The van der Waals surface area contributed by atoms with E-state index in [4.69, 9.17) is 4.42 Å². The minimum absolute atomic E-state index is 0.535. The van der Waals surface area contributed by atoms with Crippen molar-refractivity contribution in [3.8, 4) is 11.5 Å². The standard InChI is InChI=1S/C13H17N4O/c1-16(2)12-14-11(10-8-6-5-7-9-10)18-13(15-12)17(3)4/h5-9H,1-4H3/q+1. The van der Waals surface area contributed by atoms with Gasteiger partial charge in [-0.25, -0.2) is 4.58 Å². The molecule has 0 aliphatic heterocycles. The molecule has 0 saturated carbocycles. The van der Waals surface area contributed by atoms with E-state index >= 15 is 0 Å². The highest BCUT2D eigenvalue weighted by Crippen LogP contribution is 2.15. The topological polar surface area (TPSA) is 45.2 Å². The van der Waals surface area contributed by atoms with E-state index in [0.29, 0.717) is 17.5 Å². The van der Waals surface area contributed by atoms with Crippen molar-refractivity contribution in [3.05, 3.63) is 36.0 Å². The van der Waals surface area contributed by atoms with E-state index in [1.165, 1.54) is 0 Å². The number of aromatic nitrogens is 2. The van der Waals surface area contributed by atoms with Gasteiger partial charge in [-0.3, -0.25) is 0 Å². The van der Waals surface area contributed by atoms with Crippen LogP contribution in [0.15, 0.2) is 34.7 Å². The first kappa shape index (κ1) is 12.3. The van der Waals surface area contributed by atoms with Gasteiger partial charge < -0.3 is 9.32 Å². The summed E-state index contributed by atoms with van der Waals surface area (Å²) in [6.07, 6.45) is 0. The summed E-state index contributed by atoms with van der Waals surface area (Å²) in [7, 11) is 7.59. The molecule has 0 bridgehead atoms. The van der Waals surface area contributed by atoms with Gasteiger partial charge in [0.05, 0.1) is 14.1 Å². The quantitative estimate of drug-likeness (QED) is 0.735. The summed E-state index contributed by atoms with van der Waals surface area (Å²) in [5, 5.41) is 0. The van der Waals surface area contributed by atoms with Gasteiger partial charge in [-0.1, -0.05) is 18.2 Å². The fourth-order valence-electron chi connectivity index (χ4n) is 1.43. The predicted octanol–water partition coefficient (Wildman–Crippen LogP) is 0.834. The zero-order chi connectivity index (χ0) is 13.1. The van der Waals surface area contributed by atoms with E-state index in [1.807, 2.05) is 68.0 Å². The predicted molar refractivity (Wildman–Crippen MR) is 71.2 cm³/mol. The molecule has 0 spiro atoms. The van der Waals surface area contributed by atoms with Crippen LogP contribution in [-0.2, 0) is 0 Å². The van der Waals surface area contributed by atoms with Crippen molar-refractivity contribution in [2.75, 3.05) is 33.1 Å². The molecular formula is C13H17N4O+. The number of hydrogen-bond acceptors (Lipinski definition) is 4. The largest absolute Gasteiger partial charge is 0.503 e. The Morgan fingerprint density at radius 2 is 1.72 bits per heavy atom. The van der Waals surface area contributed by atoms with Gasteiger partial charge in [0.25, 0.3) is 0 Å². The van der Waals surface area contributed by atoms with Crippen LogP contribution < -0.4 is 15.2 Å². The summed E-state index contributed by atoms with van der Waals surface area (Å²) >= 11 is 0. The Balaban J connectivity index is 2.66. The molecule has 18 heavy (non-hydrogen) atoms. The molecule has 0 N–H and O–H groups in total. The lowest BCUT2D eigenvalue weighted by Gasteiger charge is -2.05. The van der Waals surface area contributed by atoms with Crippen LogP contribution in [0.1, 0.15) is 0 Å². The van der Waals surface area contributed by atoms with E-state index in [0.717, 1.165) is 5.56 Å². The van der Waals surface area contributed by atoms with Crippen LogP contribution in [0.25, 0.3) is 11.5 Å². The molecule has 5 heteroatoms. The van der Waals surface area contributed by atoms with E-state index < -0.39 is 0 Å². The Bertz CT molecular complexity index is 598. The molecule has 1 aromatic heterocycles. The molecule has 0 unspecified atom stereocenters. The SMILES string of the molecule is CN(C)c1nc(-c2ccccc2)oc(=[N+](C)C)n1. The Morgan fingerprint density at radius 1 is 1.06 bits per heavy atom. The molecule has 1 heterocycles. The molecule has 0 aliphatic carbocycles. The van der Waals surface area contributed by atoms with Gasteiger partial charge in [0, 0.05) is 24.6 Å². The van der Waals surface area contributed by atoms with Crippen LogP contribution in [0.2, 0.25) is 0 Å². The second-order valence-corrected chi connectivity index (χ2v) is 4.37. The number of benzene rings is 1. The summed E-state index contributed by atoms with van der Waals surface area (Å²) in [5.41, 5.74) is 1.47. The van der Waals surface area contributed by atoms with Gasteiger partial charge in [-0.2, -0.15) is 4.98 Å². The minimum atomic E-state index is 0.535. The van der Waals surface area contributed by atoms with E-state index in [1.54, 1.807) is 0 Å². The Kier molecular flexibility index (Phi) is 3.41. The molecule has 0 saturated heterocycles. The maximum Gasteiger partial charge on any atom is 0.503 e. The van der Waals surface area contributed by atoms with Crippen molar-refractivity contribution in [1.29, 1.82) is 0 Å². The molecule has 0 aliphatic rings. The number of rotatable bonds is 2. The average molecular weight is 245 g/mol. The molecule has 0 radical (unpaired) electrons. The fraction of sp³-hybridized carbons (Fsp3) is 0.308. The van der Waals surface area contributed by atoms with Gasteiger partial charge in [0.2, 0.25) is 5.89 Å². The molecular weight excluding hydrogens is 228 g/mol. The highest BCUT2D eigenvalue weighted by Gasteiger charge is 2.14. The highest BCUT2D eigenvalue weighted by molar-refractivity contribution is 5.53. The molecule has 5 nitrogen and oxygen atoms in total. The van der Waals surface area contributed by atoms with Gasteiger partial charge in [-0.05, 0) is 12.1 Å². The van der Waals surface area contributed by atoms with Crippen molar-refractivity contribution in [1.82, 2.24) is 14.5 Å². The van der Waals surface area contributed by atoms with Crippen molar-refractivity contribution >= 4 is 5.95 Å².